The third kappa shape index (κ3) is 5.14. The summed E-state index contributed by atoms with van der Waals surface area (Å²) in [6.07, 6.45) is 2.06. The Morgan fingerprint density at radius 3 is 2.43 bits per heavy atom. The second-order valence-corrected chi connectivity index (χ2v) is 7.00. The Morgan fingerprint density at radius 2 is 1.83 bits per heavy atom. The van der Waals surface area contributed by atoms with E-state index in [1.807, 2.05) is 29.2 Å². The largest absolute Gasteiger partial charge is 0.345 e. The van der Waals surface area contributed by atoms with Crippen molar-refractivity contribution in [2.45, 2.75) is 39.2 Å². The minimum Gasteiger partial charge on any atom is -0.345 e. The Balaban J connectivity index is 2.14. The van der Waals surface area contributed by atoms with Crippen LogP contribution in [0.3, 0.4) is 0 Å². The molecule has 0 fully saturated rings. The number of nitrogens with zero attached hydrogens (tertiary/aromatic N) is 2. The van der Waals surface area contributed by atoms with E-state index in [2.05, 4.69) is 42.8 Å². The number of halogens is 1. The van der Waals surface area contributed by atoms with Crippen LogP contribution in [0.25, 0.3) is 0 Å². The lowest BCUT2D eigenvalue weighted by Gasteiger charge is -2.26. The molecule has 1 atom stereocenters. The second-order valence-electron chi connectivity index (χ2n) is 6.34. The lowest BCUT2D eigenvalue weighted by molar-refractivity contribution is -0.131. The number of hydrogen-bond donors (Lipinski definition) is 0. The minimum absolute atomic E-state index is 0.00664. The van der Waals surface area contributed by atoms with Gasteiger partial charge in [0.2, 0.25) is 5.91 Å². The molecule has 3 nitrogen and oxygen atoms in total. The fraction of sp³-hybridized carbons (Fsp3) is 0.421. The van der Waals surface area contributed by atoms with Gasteiger partial charge in [0, 0.05) is 25.0 Å². The first-order chi connectivity index (χ1) is 11.0. The molecule has 0 N–H and O–H groups in total. The molecule has 1 aromatic heterocycles. The first kappa shape index (κ1) is 17.6. The minimum atomic E-state index is -0.494. The van der Waals surface area contributed by atoms with Gasteiger partial charge in [0.25, 0.3) is 0 Å². The Kier molecular flexibility index (Phi) is 6.28. The maximum Gasteiger partial charge on any atom is 0.240 e. The fourth-order valence-corrected chi connectivity index (χ4v) is 2.79. The zero-order valence-electron chi connectivity index (χ0n) is 14.1. The van der Waals surface area contributed by atoms with E-state index < -0.39 is 5.38 Å². The summed E-state index contributed by atoms with van der Waals surface area (Å²) in [5.41, 5.74) is 2.37. The monoisotopic (exact) mass is 332 g/mol. The Morgan fingerprint density at radius 1 is 1.13 bits per heavy atom. The van der Waals surface area contributed by atoms with Gasteiger partial charge in [0.1, 0.15) is 5.38 Å². The van der Waals surface area contributed by atoms with Crippen LogP contribution in [-0.2, 0) is 17.9 Å². The molecule has 0 saturated heterocycles. The van der Waals surface area contributed by atoms with Crippen molar-refractivity contribution in [3.63, 3.8) is 0 Å². The molecule has 2 rings (SSSR count). The zero-order chi connectivity index (χ0) is 16.8. The van der Waals surface area contributed by atoms with Crippen LogP contribution in [0.2, 0.25) is 0 Å². The SMILES string of the molecule is CC(C)CN(Cc1cccn1Cc1ccccc1)C(=O)[C@@H](C)Cl. The van der Waals surface area contributed by atoms with Crippen molar-refractivity contribution < 1.29 is 4.79 Å². The lowest BCUT2D eigenvalue weighted by atomic mass is 10.2. The molecule has 0 aliphatic rings. The number of rotatable bonds is 7. The quantitative estimate of drug-likeness (QED) is 0.699. The molecule has 1 amide bonds. The van der Waals surface area contributed by atoms with Crippen molar-refractivity contribution in [2.75, 3.05) is 6.54 Å². The smallest absolute Gasteiger partial charge is 0.240 e. The van der Waals surface area contributed by atoms with E-state index in [4.69, 9.17) is 11.6 Å². The van der Waals surface area contributed by atoms with Crippen LogP contribution in [0.4, 0.5) is 0 Å². The molecule has 0 bridgehead atoms. The average molecular weight is 333 g/mol. The number of amides is 1. The molecule has 1 aromatic carbocycles. The summed E-state index contributed by atoms with van der Waals surface area (Å²) < 4.78 is 2.19. The van der Waals surface area contributed by atoms with E-state index in [1.54, 1.807) is 6.92 Å². The van der Waals surface area contributed by atoms with Crippen LogP contribution in [0.1, 0.15) is 32.0 Å². The third-order valence-electron chi connectivity index (χ3n) is 3.71. The zero-order valence-corrected chi connectivity index (χ0v) is 14.8. The second kappa shape index (κ2) is 8.21. The molecule has 23 heavy (non-hydrogen) atoms. The summed E-state index contributed by atoms with van der Waals surface area (Å²) in [4.78, 5) is 14.2. The van der Waals surface area contributed by atoms with Gasteiger partial charge in [0.15, 0.2) is 0 Å². The summed E-state index contributed by atoms with van der Waals surface area (Å²) in [6.45, 7) is 8.08. The highest BCUT2D eigenvalue weighted by Gasteiger charge is 2.20. The van der Waals surface area contributed by atoms with E-state index in [9.17, 15) is 4.79 Å². The van der Waals surface area contributed by atoms with E-state index >= 15 is 0 Å². The first-order valence-electron chi connectivity index (χ1n) is 8.08. The Hall–Kier alpha value is -1.74. The predicted molar refractivity (Wildman–Crippen MR) is 95.5 cm³/mol. The molecule has 0 saturated carbocycles. The van der Waals surface area contributed by atoms with Crippen LogP contribution in [-0.4, -0.2) is 27.3 Å². The number of carbonyl (C=O) groups excluding carboxylic acids is 1. The van der Waals surface area contributed by atoms with Gasteiger partial charge in [-0.25, -0.2) is 0 Å². The highest BCUT2D eigenvalue weighted by molar-refractivity contribution is 6.30. The van der Waals surface area contributed by atoms with E-state index in [0.717, 1.165) is 12.2 Å². The van der Waals surface area contributed by atoms with Crippen molar-refractivity contribution in [3.05, 3.63) is 59.9 Å². The predicted octanol–water partition coefficient (Wildman–Crippen LogP) is 4.15. The van der Waals surface area contributed by atoms with Crippen molar-refractivity contribution in [3.8, 4) is 0 Å². The maximum atomic E-state index is 12.4. The topological polar surface area (TPSA) is 25.2 Å². The van der Waals surface area contributed by atoms with Crippen LogP contribution < -0.4 is 0 Å². The van der Waals surface area contributed by atoms with Gasteiger partial charge in [-0.1, -0.05) is 44.2 Å². The molecular formula is C19H25ClN2O. The van der Waals surface area contributed by atoms with Gasteiger partial charge in [-0.15, -0.1) is 11.6 Å². The van der Waals surface area contributed by atoms with Gasteiger partial charge in [-0.05, 0) is 30.5 Å². The molecule has 0 radical (unpaired) electrons. The van der Waals surface area contributed by atoms with Crippen molar-refractivity contribution >= 4 is 17.5 Å². The van der Waals surface area contributed by atoms with Crippen LogP contribution in [0, 0.1) is 5.92 Å². The number of alkyl halides is 1. The van der Waals surface area contributed by atoms with Gasteiger partial charge in [-0.3, -0.25) is 4.79 Å². The molecule has 1 heterocycles. The molecule has 0 unspecified atom stereocenters. The van der Waals surface area contributed by atoms with Crippen LogP contribution in [0.5, 0.6) is 0 Å². The molecule has 0 aliphatic carbocycles. The van der Waals surface area contributed by atoms with Gasteiger partial charge >= 0.3 is 0 Å². The number of hydrogen-bond acceptors (Lipinski definition) is 1. The molecule has 0 spiro atoms. The fourth-order valence-electron chi connectivity index (χ4n) is 2.65. The van der Waals surface area contributed by atoms with Crippen molar-refractivity contribution in [2.24, 2.45) is 5.92 Å². The summed E-state index contributed by atoms with van der Waals surface area (Å²) in [6, 6.07) is 14.4. The number of aromatic nitrogens is 1. The van der Waals surface area contributed by atoms with Crippen molar-refractivity contribution in [1.82, 2.24) is 9.47 Å². The van der Waals surface area contributed by atoms with E-state index in [1.165, 1.54) is 5.56 Å². The van der Waals surface area contributed by atoms with Crippen LogP contribution in [0.15, 0.2) is 48.7 Å². The lowest BCUT2D eigenvalue weighted by Crippen LogP contribution is -2.38. The normalized spacial score (nSPS) is 12.4. The Labute approximate surface area is 143 Å². The molecule has 2 aromatic rings. The van der Waals surface area contributed by atoms with Gasteiger partial charge in [0.05, 0.1) is 6.54 Å². The van der Waals surface area contributed by atoms with Gasteiger partial charge < -0.3 is 9.47 Å². The van der Waals surface area contributed by atoms with Crippen molar-refractivity contribution in [1.29, 1.82) is 0 Å². The highest BCUT2D eigenvalue weighted by atomic mass is 35.5. The number of benzene rings is 1. The van der Waals surface area contributed by atoms with Crippen LogP contribution >= 0.6 is 11.6 Å². The first-order valence-corrected chi connectivity index (χ1v) is 8.51. The summed E-state index contributed by atoms with van der Waals surface area (Å²) in [5, 5.41) is -0.494. The molecule has 124 valence electrons. The summed E-state index contributed by atoms with van der Waals surface area (Å²) >= 11 is 6.02. The average Bonchev–Trinajstić information content (AvgIpc) is 2.93. The molecule has 0 aliphatic heterocycles. The van der Waals surface area contributed by atoms with E-state index in [0.29, 0.717) is 19.0 Å². The molecular weight excluding hydrogens is 308 g/mol. The Bertz CT molecular complexity index is 619. The standard InChI is InChI=1S/C19H25ClN2O/c1-15(2)12-22(19(23)16(3)20)14-18-10-7-11-21(18)13-17-8-5-4-6-9-17/h4-11,15-16H,12-14H2,1-3H3/t16-/m1/s1. The van der Waals surface area contributed by atoms with Gasteiger partial charge in [-0.2, -0.15) is 0 Å². The maximum absolute atomic E-state index is 12.4. The third-order valence-corrected chi connectivity index (χ3v) is 3.90. The highest BCUT2D eigenvalue weighted by Crippen LogP contribution is 2.14. The summed E-state index contributed by atoms with van der Waals surface area (Å²) in [7, 11) is 0. The molecule has 4 heteroatoms. The number of carbonyl (C=O) groups is 1. The van der Waals surface area contributed by atoms with E-state index in [-0.39, 0.29) is 5.91 Å². The summed E-state index contributed by atoms with van der Waals surface area (Å²) in [5.74, 6) is 0.403.